The zero-order valence-electron chi connectivity index (χ0n) is 12.0. The Hall–Kier alpha value is -1.84. The van der Waals surface area contributed by atoms with E-state index < -0.39 is 5.97 Å². The summed E-state index contributed by atoms with van der Waals surface area (Å²) in [6, 6.07) is 5.22. The summed E-state index contributed by atoms with van der Waals surface area (Å²) in [7, 11) is 0. The molecule has 4 heteroatoms. The standard InChI is InChI=1S/C16H20N2O2/c1-11-17-13-9-12(15(19)20)5-6-14(13)18(11)10-16(2)7-3-4-8-16/h5-6,9H,3-4,7-8,10H2,1-2H3,(H,19,20). The van der Waals surface area contributed by atoms with Gasteiger partial charge in [0.25, 0.3) is 0 Å². The van der Waals surface area contributed by atoms with Gasteiger partial charge in [-0.1, -0.05) is 19.8 Å². The van der Waals surface area contributed by atoms with Crippen LogP contribution in [0, 0.1) is 12.3 Å². The van der Waals surface area contributed by atoms with Crippen LogP contribution in [0.5, 0.6) is 0 Å². The van der Waals surface area contributed by atoms with E-state index in [1.165, 1.54) is 25.7 Å². The molecule has 2 aromatic rings. The van der Waals surface area contributed by atoms with Crippen LogP contribution >= 0.6 is 0 Å². The minimum atomic E-state index is -0.901. The first-order valence-corrected chi connectivity index (χ1v) is 7.19. The van der Waals surface area contributed by atoms with E-state index in [9.17, 15) is 4.79 Å². The second-order valence-corrected chi connectivity index (χ2v) is 6.27. The Morgan fingerprint density at radius 1 is 1.40 bits per heavy atom. The first kappa shape index (κ1) is 13.2. The molecule has 0 radical (unpaired) electrons. The minimum Gasteiger partial charge on any atom is -0.478 e. The lowest BCUT2D eigenvalue weighted by molar-refractivity contribution is 0.0697. The second kappa shape index (κ2) is 4.62. The molecule has 0 aliphatic heterocycles. The van der Waals surface area contributed by atoms with Crippen molar-refractivity contribution >= 4 is 17.0 Å². The number of imidazole rings is 1. The molecule has 0 saturated heterocycles. The normalized spacial score (nSPS) is 17.7. The van der Waals surface area contributed by atoms with Crippen molar-refractivity contribution in [2.24, 2.45) is 5.41 Å². The summed E-state index contributed by atoms with van der Waals surface area (Å²) in [4.78, 5) is 15.6. The highest BCUT2D eigenvalue weighted by Crippen LogP contribution is 2.39. The number of aryl methyl sites for hydroxylation is 1. The average molecular weight is 272 g/mol. The fourth-order valence-corrected chi connectivity index (χ4v) is 3.35. The number of aromatic carboxylic acids is 1. The summed E-state index contributed by atoms with van der Waals surface area (Å²) in [5.41, 5.74) is 2.47. The number of benzene rings is 1. The zero-order chi connectivity index (χ0) is 14.3. The maximum atomic E-state index is 11.0. The highest BCUT2D eigenvalue weighted by molar-refractivity contribution is 5.92. The SMILES string of the molecule is Cc1nc2cc(C(=O)O)ccc2n1CC1(C)CCCC1. The lowest BCUT2D eigenvalue weighted by atomic mass is 9.88. The van der Waals surface area contributed by atoms with Gasteiger partial charge in [-0.15, -0.1) is 0 Å². The predicted molar refractivity (Wildman–Crippen MR) is 78.0 cm³/mol. The Balaban J connectivity index is 2.02. The topological polar surface area (TPSA) is 55.1 Å². The number of rotatable bonds is 3. The average Bonchev–Trinajstić information content (AvgIpc) is 2.95. The molecule has 0 atom stereocenters. The number of carboxylic acids is 1. The molecule has 0 bridgehead atoms. The van der Waals surface area contributed by atoms with E-state index in [0.29, 0.717) is 11.0 Å². The quantitative estimate of drug-likeness (QED) is 0.928. The summed E-state index contributed by atoms with van der Waals surface area (Å²) in [6.07, 6.45) is 5.15. The Morgan fingerprint density at radius 3 is 2.75 bits per heavy atom. The van der Waals surface area contributed by atoms with Crippen molar-refractivity contribution in [3.8, 4) is 0 Å². The molecule has 106 valence electrons. The monoisotopic (exact) mass is 272 g/mol. The third-order valence-electron chi connectivity index (χ3n) is 4.54. The number of fused-ring (bicyclic) bond motifs is 1. The van der Waals surface area contributed by atoms with E-state index in [-0.39, 0.29) is 0 Å². The van der Waals surface area contributed by atoms with Gasteiger partial charge < -0.3 is 9.67 Å². The minimum absolute atomic E-state index is 0.300. The molecule has 20 heavy (non-hydrogen) atoms. The second-order valence-electron chi connectivity index (χ2n) is 6.27. The van der Waals surface area contributed by atoms with Crippen molar-refractivity contribution in [3.05, 3.63) is 29.6 Å². The molecular weight excluding hydrogens is 252 g/mol. The van der Waals surface area contributed by atoms with Crippen LogP contribution in [0.4, 0.5) is 0 Å². The van der Waals surface area contributed by atoms with Crippen LogP contribution < -0.4 is 0 Å². The van der Waals surface area contributed by atoms with Gasteiger partial charge in [-0.2, -0.15) is 0 Å². The van der Waals surface area contributed by atoms with Crippen molar-refractivity contribution in [2.45, 2.75) is 46.1 Å². The van der Waals surface area contributed by atoms with Crippen LogP contribution in [0.15, 0.2) is 18.2 Å². The lowest BCUT2D eigenvalue weighted by Gasteiger charge is -2.25. The number of hydrogen-bond acceptors (Lipinski definition) is 2. The zero-order valence-corrected chi connectivity index (χ0v) is 12.0. The first-order chi connectivity index (χ1) is 9.48. The van der Waals surface area contributed by atoms with Gasteiger partial charge in [-0.05, 0) is 43.4 Å². The van der Waals surface area contributed by atoms with Crippen LogP contribution in [0.2, 0.25) is 0 Å². The Bertz CT molecular complexity index is 666. The summed E-state index contributed by atoms with van der Waals surface area (Å²) < 4.78 is 2.24. The van der Waals surface area contributed by atoms with Crippen LogP contribution in [0.25, 0.3) is 11.0 Å². The molecule has 4 nitrogen and oxygen atoms in total. The van der Waals surface area contributed by atoms with Crippen molar-refractivity contribution in [3.63, 3.8) is 0 Å². The fourth-order valence-electron chi connectivity index (χ4n) is 3.35. The molecule has 0 unspecified atom stereocenters. The van der Waals surface area contributed by atoms with E-state index in [1.54, 1.807) is 12.1 Å². The molecule has 1 heterocycles. The molecule has 1 N–H and O–H groups in total. The van der Waals surface area contributed by atoms with Crippen LogP contribution in [0.1, 0.15) is 48.8 Å². The summed E-state index contributed by atoms with van der Waals surface area (Å²) in [5.74, 6) is 0.0671. The fraction of sp³-hybridized carbons (Fsp3) is 0.500. The molecule has 1 aromatic heterocycles. The van der Waals surface area contributed by atoms with E-state index in [0.717, 1.165) is 23.4 Å². The number of carboxylic acid groups (broad SMARTS) is 1. The van der Waals surface area contributed by atoms with Gasteiger partial charge in [0.1, 0.15) is 5.82 Å². The molecule has 0 amide bonds. The van der Waals surface area contributed by atoms with Crippen LogP contribution in [-0.4, -0.2) is 20.6 Å². The van der Waals surface area contributed by atoms with Gasteiger partial charge in [0.05, 0.1) is 16.6 Å². The third kappa shape index (κ3) is 2.19. The number of aromatic nitrogens is 2. The maximum Gasteiger partial charge on any atom is 0.335 e. The molecular formula is C16H20N2O2. The molecule has 1 aliphatic rings. The highest BCUT2D eigenvalue weighted by atomic mass is 16.4. The van der Waals surface area contributed by atoms with Crippen molar-refractivity contribution < 1.29 is 9.90 Å². The molecule has 1 fully saturated rings. The van der Waals surface area contributed by atoms with Gasteiger partial charge in [-0.3, -0.25) is 0 Å². The third-order valence-corrected chi connectivity index (χ3v) is 4.54. The van der Waals surface area contributed by atoms with E-state index in [2.05, 4.69) is 16.5 Å². The van der Waals surface area contributed by atoms with Gasteiger partial charge in [-0.25, -0.2) is 9.78 Å². The van der Waals surface area contributed by atoms with E-state index in [4.69, 9.17) is 5.11 Å². The first-order valence-electron chi connectivity index (χ1n) is 7.19. The molecule has 3 rings (SSSR count). The Labute approximate surface area is 118 Å². The van der Waals surface area contributed by atoms with Crippen LogP contribution in [0.3, 0.4) is 0 Å². The largest absolute Gasteiger partial charge is 0.478 e. The highest BCUT2D eigenvalue weighted by Gasteiger charge is 2.30. The van der Waals surface area contributed by atoms with Gasteiger partial charge in [0.2, 0.25) is 0 Å². The molecule has 1 aromatic carbocycles. The predicted octanol–water partition coefficient (Wildman–Crippen LogP) is 3.62. The smallest absolute Gasteiger partial charge is 0.335 e. The van der Waals surface area contributed by atoms with Gasteiger partial charge >= 0.3 is 5.97 Å². The number of hydrogen-bond donors (Lipinski definition) is 1. The van der Waals surface area contributed by atoms with Crippen molar-refractivity contribution in [1.29, 1.82) is 0 Å². The molecule has 0 spiro atoms. The number of carbonyl (C=O) groups is 1. The van der Waals surface area contributed by atoms with Gasteiger partial charge in [0.15, 0.2) is 0 Å². The summed E-state index contributed by atoms with van der Waals surface area (Å²) in [5, 5.41) is 9.06. The van der Waals surface area contributed by atoms with Crippen molar-refractivity contribution in [1.82, 2.24) is 9.55 Å². The molecule has 1 saturated carbocycles. The van der Waals surface area contributed by atoms with Crippen LogP contribution in [-0.2, 0) is 6.54 Å². The lowest BCUT2D eigenvalue weighted by Crippen LogP contribution is -2.20. The Morgan fingerprint density at radius 2 is 2.10 bits per heavy atom. The number of nitrogens with zero attached hydrogens (tertiary/aromatic N) is 2. The van der Waals surface area contributed by atoms with E-state index >= 15 is 0 Å². The summed E-state index contributed by atoms with van der Waals surface area (Å²) in [6.45, 7) is 5.32. The maximum absolute atomic E-state index is 11.0. The van der Waals surface area contributed by atoms with Crippen molar-refractivity contribution in [2.75, 3.05) is 0 Å². The van der Waals surface area contributed by atoms with Gasteiger partial charge in [0, 0.05) is 6.54 Å². The Kier molecular flexibility index (Phi) is 3.04. The summed E-state index contributed by atoms with van der Waals surface area (Å²) >= 11 is 0. The van der Waals surface area contributed by atoms with E-state index in [1.807, 2.05) is 13.0 Å². The molecule has 1 aliphatic carbocycles.